The van der Waals surface area contributed by atoms with Crippen LogP contribution in [0.2, 0.25) is 0 Å². The van der Waals surface area contributed by atoms with Gasteiger partial charge in [0, 0.05) is 11.4 Å². The first-order valence-electron chi connectivity index (χ1n) is 6.15. The van der Waals surface area contributed by atoms with Gasteiger partial charge in [0.2, 0.25) is 5.88 Å². The maximum Gasteiger partial charge on any atom is 0.287 e. The van der Waals surface area contributed by atoms with Crippen LogP contribution in [0.25, 0.3) is 0 Å². The molecule has 2 aromatic rings. The summed E-state index contributed by atoms with van der Waals surface area (Å²) in [7, 11) is 1.53. The van der Waals surface area contributed by atoms with E-state index in [1.807, 2.05) is 50.2 Å². The minimum absolute atomic E-state index is 0.389. The summed E-state index contributed by atoms with van der Waals surface area (Å²) in [4.78, 5) is 17.8. The number of amides is 1. The van der Waals surface area contributed by atoms with Gasteiger partial charge < -0.3 is 4.74 Å². The predicted octanol–water partition coefficient (Wildman–Crippen LogP) is 3.89. The van der Waals surface area contributed by atoms with Gasteiger partial charge >= 0.3 is 0 Å². The lowest BCUT2D eigenvalue weighted by atomic mass is 10.2. The highest BCUT2D eigenvalue weighted by molar-refractivity contribution is 7.97. The first-order valence-corrected chi connectivity index (χ1v) is 6.59. The van der Waals surface area contributed by atoms with Gasteiger partial charge in [-0.15, -0.1) is 0 Å². The monoisotopic (exact) mass is 288 g/mol. The number of rotatable bonds is 3. The lowest BCUT2D eigenvalue weighted by Crippen LogP contribution is -2.21. The first kappa shape index (κ1) is 14.4. The second-order valence-corrected chi connectivity index (χ2v) is 4.76. The second kappa shape index (κ2) is 5.96. The minimum atomic E-state index is -0.389. The number of thiol groups is 1. The molecule has 2 rings (SSSR count). The molecule has 1 heterocycles. The molecule has 0 saturated carbocycles. The summed E-state index contributed by atoms with van der Waals surface area (Å²) in [6, 6.07) is 11.2. The Morgan fingerprint density at radius 3 is 2.45 bits per heavy atom. The number of para-hydroxylation sites is 1. The summed E-state index contributed by atoms with van der Waals surface area (Å²) >= 11 is 3.97. The predicted molar refractivity (Wildman–Crippen MR) is 83.2 cm³/mol. The van der Waals surface area contributed by atoms with Crippen LogP contribution < -0.4 is 9.64 Å². The molecular weight excluding hydrogens is 272 g/mol. The van der Waals surface area contributed by atoms with E-state index >= 15 is 0 Å². The lowest BCUT2D eigenvalue weighted by Gasteiger charge is -2.23. The van der Waals surface area contributed by atoms with Crippen molar-refractivity contribution in [3.8, 4) is 5.88 Å². The number of carbonyl (C=O) groups is 1. The van der Waals surface area contributed by atoms with Crippen molar-refractivity contribution in [1.82, 2.24) is 4.98 Å². The molecule has 0 aliphatic rings. The molecule has 0 N–H and O–H groups in total. The Bertz CT molecular complexity index is 629. The molecule has 4 nitrogen and oxygen atoms in total. The van der Waals surface area contributed by atoms with Gasteiger partial charge in [-0.05, 0) is 37.6 Å². The van der Waals surface area contributed by atoms with E-state index in [1.54, 1.807) is 0 Å². The van der Waals surface area contributed by atoms with Crippen LogP contribution in [0.1, 0.15) is 11.3 Å². The highest BCUT2D eigenvalue weighted by Crippen LogP contribution is 2.34. The zero-order valence-corrected chi connectivity index (χ0v) is 12.5. The van der Waals surface area contributed by atoms with Gasteiger partial charge in [-0.1, -0.05) is 30.8 Å². The Kier molecular flexibility index (Phi) is 4.29. The van der Waals surface area contributed by atoms with Gasteiger partial charge in [-0.25, -0.2) is 4.98 Å². The van der Waals surface area contributed by atoms with E-state index in [2.05, 4.69) is 17.6 Å². The van der Waals surface area contributed by atoms with Crippen LogP contribution >= 0.6 is 12.6 Å². The molecule has 1 aromatic carbocycles. The summed E-state index contributed by atoms with van der Waals surface area (Å²) in [6.07, 6.45) is 0. The highest BCUT2D eigenvalue weighted by Gasteiger charge is 2.20. The van der Waals surface area contributed by atoms with Crippen molar-refractivity contribution in [2.45, 2.75) is 13.8 Å². The molecule has 0 spiro atoms. The van der Waals surface area contributed by atoms with Crippen LogP contribution in [0.4, 0.5) is 16.2 Å². The number of nitrogens with zero attached hydrogens (tertiary/aromatic N) is 2. The van der Waals surface area contributed by atoms with E-state index in [4.69, 9.17) is 4.74 Å². The Balaban J connectivity index is 2.61. The molecule has 0 radical (unpaired) electrons. The van der Waals surface area contributed by atoms with Crippen molar-refractivity contribution in [3.63, 3.8) is 0 Å². The second-order valence-electron chi connectivity index (χ2n) is 4.37. The zero-order chi connectivity index (χ0) is 14.7. The Morgan fingerprint density at radius 2 is 1.90 bits per heavy atom. The minimum Gasteiger partial charge on any atom is -0.479 e. The van der Waals surface area contributed by atoms with E-state index in [0.717, 1.165) is 16.9 Å². The quantitative estimate of drug-likeness (QED) is 0.871. The van der Waals surface area contributed by atoms with E-state index in [9.17, 15) is 4.79 Å². The number of hydrogen-bond acceptors (Lipinski definition) is 3. The number of carbonyl (C=O) groups excluding carboxylic acids is 1. The number of ether oxygens (including phenoxy) is 1. The molecule has 0 aliphatic carbocycles. The van der Waals surface area contributed by atoms with E-state index in [0.29, 0.717) is 11.6 Å². The van der Waals surface area contributed by atoms with Gasteiger partial charge in [-0.3, -0.25) is 9.69 Å². The number of benzene rings is 1. The molecule has 1 aromatic heterocycles. The van der Waals surface area contributed by atoms with Crippen molar-refractivity contribution in [2.24, 2.45) is 0 Å². The van der Waals surface area contributed by atoms with Crippen LogP contribution in [0.5, 0.6) is 5.88 Å². The van der Waals surface area contributed by atoms with Gasteiger partial charge in [0.05, 0.1) is 7.11 Å². The molecule has 104 valence electrons. The standard InChI is InChI=1S/C15H16N2O2S/c1-10-9-13(14(19-3)16-11(10)2)17(15(18)20)12-7-5-4-6-8-12/h4-9H,1-3H3,(H,18,20). The Hall–Kier alpha value is -2.01. The molecule has 0 bridgehead atoms. The number of aromatic nitrogens is 1. The number of methoxy groups -OCH3 is 1. The lowest BCUT2D eigenvalue weighted by molar-refractivity contribution is 0.267. The maximum atomic E-state index is 11.9. The fourth-order valence-corrected chi connectivity index (χ4v) is 2.13. The highest BCUT2D eigenvalue weighted by atomic mass is 32.1. The Morgan fingerprint density at radius 1 is 1.25 bits per heavy atom. The normalized spacial score (nSPS) is 10.2. The summed E-state index contributed by atoms with van der Waals surface area (Å²) < 4.78 is 5.29. The van der Waals surface area contributed by atoms with Gasteiger partial charge in [0.1, 0.15) is 5.69 Å². The third-order valence-electron chi connectivity index (χ3n) is 3.05. The first-order chi connectivity index (χ1) is 9.54. The van der Waals surface area contributed by atoms with Crippen LogP contribution in [0, 0.1) is 13.8 Å². The van der Waals surface area contributed by atoms with Crippen molar-refractivity contribution in [2.75, 3.05) is 12.0 Å². The molecule has 1 amide bonds. The summed E-state index contributed by atoms with van der Waals surface area (Å²) in [5.41, 5.74) is 3.15. The van der Waals surface area contributed by atoms with Gasteiger partial charge in [0.25, 0.3) is 5.24 Å². The summed E-state index contributed by atoms with van der Waals surface area (Å²) in [6.45, 7) is 3.84. The van der Waals surface area contributed by atoms with E-state index < -0.39 is 0 Å². The number of pyridine rings is 1. The average Bonchev–Trinajstić information content (AvgIpc) is 2.43. The molecule has 5 heteroatoms. The summed E-state index contributed by atoms with van der Waals surface area (Å²) in [5.74, 6) is 0.402. The SMILES string of the molecule is COc1nc(C)c(C)cc1N(C(=O)S)c1ccccc1. The third-order valence-corrected chi connectivity index (χ3v) is 3.25. The zero-order valence-electron chi connectivity index (χ0n) is 11.6. The van der Waals surface area contributed by atoms with Gasteiger partial charge in [0.15, 0.2) is 0 Å². The van der Waals surface area contributed by atoms with Crippen LogP contribution in [-0.2, 0) is 0 Å². The van der Waals surface area contributed by atoms with Crippen LogP contribution in [0.3, 0.4) is 0 Å². The maximum absolute atomic E-state index is 11.9. The van der Waals surface area contributed by atoms with Crippen molar-refractivity contribution < 1.29 is 9.53 Å². The molecule has 0 fully saturated rings. The van der Waals surface area contributed by atoms with Crippen molar-refractivity contribution >= 4 is 29.2 Å². The molecule has 0 saturated heterocycles. The molecular formula is C15H16N2O2S. The summed E-state index contributed by atoms with van der Waals surface area (Å²) in [5, 5.41) is -0.389. The third kappa shape index (κ3) is 2.77. The van der Waals surface area contributed by atoms with Crippen LogP contribution in [-0.4, -0.2) is 17.3 Å². The van der Waals surface area contributed by atoms with Crippen molar-refractivity contribution in [3.05, 3.63) is 47.7 Å². The topological polar surface area (TPSA) is 42.4 Å². The average molecular weight is 288 g/mol. The number of anilines is 2. The molecule has 20 heavy (non-hydrogen) atoms. The fourth-order valence-electron chi connectivity index (χ4n) is 1.91. The number of hydrogen-bond donors (Lipinski definition) is 1. The molecule has 0 atom stereocenters. The van der Waals surface area contributed by atoms with Crippen LogP contribution in [0.15, 0.2) is 36.4 Å². The van der Waals surface area contributed by atoms with Crippen molar-refractivity contribution in [1.29, 1.82) is 0 Å². The van der Waals surface area contributed by atoms with E-state index in [-0.39, 0.29) is 5.24 Å². The fraction of sp³-hybridized carbons (Fsp3) is 0.200. The largest absolute Gasteiger partial charge is 0.479 e. The van der Waals surface area contributed by atoms with Gasteiger partial charge in [-0.2, -0.15) is 0 Å². The van der Waals surface area contributed by atoms with E-state index in [1.165, 1.54) is 12.0 Å². The Labute approximate surface area is 123 Å². The smallest absolute Gasteiger partial charge is 0.287 e. The number of aryl methyl sites for hydroxylation is 2. The molecule has 0 aliphatic heterocycles. The molecule has 0 unspecified atom stereocenters.